The van der Waals surface area contributed by atoms with Crippen LogP contribution in [0.4, 0.5) is 17.1 Å². The first-order chi connectivity index (χ1) is 8.72. The standard InChI is InChI=1S/C11H16N4O2S/c12-14-10-3-1-2-9(11(10)15(16)17)13-8-4-6-18-7-5-8/h1-3,8,13-14H,4-7,12H2. The summed E-state index contributed by atoms with van der Waals surface area (Å²) < 4.78 is 0. The van der Waals surface area contributed by atoms with Gasteiger partial charge in [0, 0.05) is 6.04 Å². The van der Waals surface area contributed by atoms with E-state index in [-0.39, 0.29) is 5.69 Å². The van der Waals surface area contributed by atoms with Crippen LogP contribution < -0.4 is 16.6 Å². The molecule has 1 aliphatic rings. The van der Waals surface area contributed by atoms with Crippen molar-refractivity contribution in [2.24, 2.45) is 5.84 Å². The highest BCUT2D eigenvalue weighted by molar-refractivity contribution is 7.99. The van der Waals surface area contributed by atoms with Crippen LogP contribution in [-0.4, -0.2) is 22.5 Å². The zero-order valence-corrected chi connectivity index (χ0v) is 10.7. The van der Waals surface area contributed by atoms with Crippen molar-refractivity contribution in [1.29, 1.82) is 0 Å². The molecule has 0 amide bonds. The number of nitrogens with zero attached hydrogens (tertiary/aromatic N) is 1. The van der Waals surface area contributed by atoms with Crippen LogP contribution in [0.2, 0.25) is 0 Å². The summed E-state index contributed by atoms with van der Waals surface area (Å²) >= 11 is 1.92. The average Bonchev–Trinajstić information content (AvgIpc) is 2.39. The predicted octanol–water partition coefficient (Wildman–Crippen LogP) is 2.19. The zero-order valence-electron chi connectivity index (χ0n) is 9.89. The molecule has 0 unspecified atom stereocenters. The van der Waals surface area contributed by atoms with Crippen molar-refractivity contribution in [1.82, 2.24) is 0 Å². The van der Waals surface area contributed by atoms with Crippen LogP contribution in [-0.2, 0) is 0 Å². The Hall–Kier alpha value is -1.47. The van der Waals surface area contributed by atoms with Crippen LogP contribution in [0.25, 0.3) is 0 Å². The molecule has 0 bridgehead atoms. The fourth-order valence-electron chi connectivity index (χ4n) is 2.03. The molecule has 1 aromatic rings. The Morgan fingerprint density at radius 3 is 2.61 bits per heavy atom. The molecule has 18 heavy (non-hydrogen) atoms. The topological polar surface area (TPSA) is 93.2 Å². The molecule has 2 rings (SSSR count). The fraction of sp³-hybridized carbons (Fsp3) is 0.455. The second-order valence-electron chi connectivity index (χ2n) is 4.13. The lowest BCUT2D eigenvalue weighted by atomic mass is 10.1. The van der Waals surface area contributed by atoms with E-state index in [4.69, 9.17) is 5.84 Å². The first kappa shape index (κ1) is 13.0. The SMILES string of the molecule is NNc1cccc(NC2CCSCC2)c1[N+](=O)[O-]. The Balaban J connectivity index is 2.23. The van der Waals surface area contributed by atoms with Crippen LogP contribution >= 0.6 is 11.8 Å². The van der Waals surface area contributed by atoms with Gasteiger partial charge in [-0.05, 0) is 36.5 Å². The third-order valence-electron chi connectivity index (χ3n) is 2.96. The minimum absolute atomic E-state index is 0.0122. The van der Waals surface area contributed by atoms with Crippen molar-refractivity contribution >= 4 is 28.8 Å². The largest absolute Gasteiger partial charge is 0.377 e. The third-order valence-corrected chi connectivity index (χ3v) is 4.00. The second-order valence-corrected chi connectivity index (χ2v) is 5.36. The number of nitrogen functional groups attached to an aromatic ring is 1. The number of para-hydroxylation sites is 1. The van der Waals surface area contributed by atoms with E-state index in [1.165, 1.54) is 0 Å². The van der Waals surface area contributed by atoms with Crippen molar-refractivity contribution in [2.45, 2.75) is 18.9 Å². The molecular formula is C11H16N4O2S. The monoisotopic (exact) mass is 268 g/mol. The van der Waals surface area contributed by atoms with Gasteiger partial charge in [-0.2, -0.15) is 11.8 Å². The van der Waals surface area contributed by atoms with E-state index in [1.807, 2.05) is 11.8 Å². The lowest BCUT2D eigenvalue weighted by Gasteiger charge is -2.23. The summed E-state index contributed by atoms with van der Waals surface area (Å²) in [7, 11) is 0. The minimum Gasteiger partial charge on any atom is -0.377 e. The minimum atomic E-state index is -0.408. The van der Waals surface area contributed by atoms with Crippen molar-refractivity contribution < 1.29 is 4.92 Å². The number of nitrogens with two attached hydrogens (primary N) is 1. The van der Waals surface area contributed by atoms with Crippen LogP contribution in [0.3, 0.4) is 0 Å². The molecule has 0 atom stereocenters. The van der Waals surface area contributed by atoms with Gasteiger partial charge in [0.1, 0.15) is 11.4 Å². The maximum absolute atomic E-state index is 11.1. The molecule has 1 fully saturated rings. The van der Waals surface area contributed by atoms with Crippen LogP contribution in [0.5, 0.6) is 0 Å². The van der Waals surface area contributed by atoms with E-state index in [9.17, 15) is 10.1 Å². The lowest BCUT2D eigenvalue weighted by molar-refractivity contribution is -0.383. The van der Waals surface area contributed by atoms with Gasteiger partial charge < -0.3 is 10.7 Å². The van der Waals surface area contributed by atoms with E-state index in [0.29, 0.717) is 17.4 Å². The van der Waals surface area contributed by atoms with Gasteiger partial charge in [0.15, 0.2) is 0 Å². The average molecular weight is 268 g/mol. The fourth-order valence-corrected chi connectivity index (χ4v) is 3.14. The van der Waals surface area contributed by atoms with Crippen molar-refractivity contribution in [3.8, 4) is 0 Å². The molecule has 0 saturated carbocycles. The number of benzene rings is 1. The summed E-state index contributed by atoms with van der Waals surface area (Å²) in [5, 5.41) is 14.4. The molecule has 0 aromatic heterocycles. The molecule has 98 valence electrons. The van der Waals surface area contributed by atoms with Gasteiger partial charge in [0.2, 0.25) is 0 Å². The number of hydrogen-bond acceptors (Lipinski definition) is 6. The van der Waals surface area contributed by atoms with E-state index >= 15 is 0 Å². The first-order valence-electron chi connectivity index (χ1n) is 5.80. The van der Waals surface area contributed by atoms with Gasteiger partial charge in [-0.3, -0.25) is 16.0 Å². The van der Waals surface area contributed by atoms with Crippen LogP contribution in [0, 0.1) is 10.1 Å². The van der Waals surface area contributed by atoms with E-state index in [0.717, 1.165) is 24.3 Å². The quantitative estimate of drug-likeness (QED) is 0.440. The van der Waals surface area contributed by atoms with Crippen LogP contribution in [0.1, 0.15) is 12.8 Å². The normalized spacial score (nSPS) is 16.3. The highest BCUT2D eigenvalue weighted by atomic mass is 32.2. The van der Waals surface area contributed by atoms with E-state index < -0.39 is 4.92 Å². The number of rotatable bonds is 4. The summed E-state index contributed by atoms with van der Waals surface area (Å²) in [5.41, 5.74) is 3.24. The number of nitro benzene ring substituents is 1. The smallest absolute Gasteiger partial charge is 0.316 e. The van der Waals surface area contributed by atoms with Crippen LogP contribution in [0.15, 0.2) is 18.2 Å². The first-order valence-corrected chi connectivity index (χ1v) is 6.96. The zero-order chi connectivity index (χ0) is 13.0. The molecule has 6 nitrogen and oxygen atoms in total. The lowest BCUT2D eigenvalue weighted by Crippen LogP contribution is -2.25. The maximum atomic E-state index is 11.1. The van der Waals surface area contributed by atoms with Gasteiger partial charge in [-0.25, -0.2) is 0 Å². The molecule has 0 spiro atoms. The number of nitro groups is 1. The third kappa shape index (κ3) is 2.85. The summed E-state index contributed by atoms with van der Waals surface area (Å²) in [6.07, 6.45) is 2.06. The number of anilines is 2. The Labute approximate surface area is 109 Å². The molecule has 0 radical (unpaired) electrons. The number of hydrogen-bond donors (Lipinski definition) is 3. The number of thioether (sulfide) groups is 1. The summed E-state index contributed by atoms with van der Waals surface area (Å²) in [4.78, 5) is 10.7. The van der Waals surface area contributed by atoms with Crippen molar-refractivity contribution in [2.75, 3.05) is 22.2 Å². The Morgan fingerprint density at radius 1 is 1.33 bits per heavy atom. The summed E-state index contributed by atoms with van der Waals surface area (Å²) in [6.45, 7) is 0. The maximum Gasteiger partial charge on any atom is 0.316 e. The molecule has 1 heterocycles. The van der Waals surface area contributed by atoms with Gasteiger partial charge in [0.25, 0.3) is 0 Å². The Kier molecular flexibility index (Phi) is 4.27. The summed E-state index contributed by atoms with van der Waals surface area (Å²) in [6, 6.07) is 5.38. The molecule has 4 N–H and O–H groups in total. The van der Waals surface area contributed by atoms with E-state index in [1.54, 1.807) is 18.2 Å². The molecular weight excluding hydrogens is 252 g/mol. The van der Waals surface area contributed by atoms with E-state index in [2.05, 4.69) is 10.7 Å². The number of nitrogens with one attached hydrogen (secondary N) is 2. The van der Waals surface area contributed by atoms with Gasteiger partial charge in [-0.1, -0.05) is 6.07 Å². The molecule has 7 heteroatoms. The van der Waals surface area contributed by atoms with Gasteiger partial charge >= 0.3 is 5.69 Å². The number of hydrazine groups is 1. The second kappa shape index (κ2) is 5.92. The van der Waals surface area contributed by atoms with Crippen molar-refractivity contribution in [3.05, 3.63) is 28.3 Å². The summed E-state index contributed by atoms with van der Waals surface area (Å²) in [5.74, 6) is 7.50. The molecule has 1 saturated heterocycles. The Bertz CT molecular complexity index is 435. The molecule has 1 aromatic carbocycles. The Morgan fingerprint density at radius 2 is 2.00 bits per heavy atom. The van der Waals surface area contributed by atoms with Gasteiger partial charge in [0.05, 0.1) is 4.92 Å². The van der Waals surface area contributed by atoms with Gasteiger partial charge in [-0.15, -0.1) is 0 Å². The van der Waals surface area contributed by atoms with Crippen molar-refractivity contribution in [3.63, 3.8) is 0 Å². The highest BCUT2D eigenvalue weighted by Crippen LogP contribution is 2.33. The highest BCUT2D eigenvalue weighted by Gasteiger charge is 2.22. The predicted molar refractivity (Wildman–Crippen MR) is 74.9 cm³/mol. The molecule has 1 aliphatic heterocycles. The molecule has 0 aliphatic carbocycles.